The van der Waals surface area contributed by atoms with Crippen molar-refractivity contribution in [2.45, 2.75) is 155 Å². The van der Waals surface area contributed by atoms with Gasteiger partial charge in [0, 0.05) is 23.7 Å². The number of aliphatic hydroxyl groups excluding tert-OH is 2. The van der Waals surface area contributed by atoms with Crippen molar-refractivity contribution >= 4 is 11.6 Å². The van der Waals surface area contributed by atoms with Gasteiger partial charge in [0.25, 0.3) is 0 Å². The molecular formula is C38H62O5. The molecule has 0 amide bonds. The lowest BCUT2D eigenvalue weighted by Gasteiger charge is -2.61. The highest BCUT2D eigenvalue weighted by atomic mass is 16.3. The molecule has 0 aromatic carbocycles. The average Bonchev–Trinajstić information content (AvgIpc) is 3.45. The topological polar surface area (TPSA) is 106 Å². The lowest BCUT2D eigenvalue weighted by Crippen LogP contribution is -2.57. The van der Waals surface area contributed by atoms with Crippen molar-refractivity contribution in [2.75, 3.05) is 0 Å². The van der Waals surface area contributed by atoms with Crippen LogP contribution in [0.3, 0.4) is 0 Å². The molecule has 0 spiro atoms. The minimum Gasteiger partial charge on any atom is -0.412 e. The molecule has 8 saturated carbocycles. The number of carbonyl (C=O) groups is 2. The van der Waals surface area contributed by atoms with Crippen molar-refractivity contribution in [3.8, 4) is 0 Å². The molecule has 8 aliphatic carbocycles. The van der Waals surface area contributed by atoms with Gasteiger partial charge in [-0.25, -0.2) is 0 Å². The van der Waals surface area contributed by atoms with Crippen molar-refractivity contribution in [2.24, 2.45) is 69.0 Å². The number of carbonyl (C=O) groups excluding carboxylic acids is 2. The van der Waals surface area contributed by atoms with E-state index in [0.29, 0.717) is 47.1 Å². The molecule has 0 aromatic rings. The summed E-state index contributed by atoms with van der Waals surface area (Å²) in [6.45, 7) is 9.26. The van der Waals surface area contributed by atoms with E-state index >= 15 is 0 Å². The van der Waals surface area contributed by atoms with E-state index < -0.39 is 0 Å². The van der Waals surface area contributed by atoms with Crippen LogP contribution in [0.5, 0.6) is 0 Å². The normalized spacial score (nSPS) is 55.2. The summed E-state index contributed by atoms with van der Waals surface area (Å²) in [7, 11) is 0. The van der Waals surface area contributed by atoms with Crippen LogP contribution in [-0.4, -0.2) is 39.5 Å². The predicted octanol–water partition coefficient (Wildman–Crippen LogP) is 7.09. The van der Waals surface area contributed by atoms with E-state index in [-0.39, 0.29) is 39.3 Å². The molecule has 0 heterocycles. The summed E-state index contributed by atoms with van der Waals surface area (Å²) in [5.74, 6) is 6.45. The summed E-state index contributed by atoms with van der Waals surface area (Å²) in [4.78, 5) is 24.8. The Morgan fingerprint density at radius 3 is 1.30 bits per heavy atom. The molecule has 0 bridgehead atoms. The molecule has 0 radical (unpaired) electrons. The van der Waals surface area contributed by atoms with Crippen molar-refractivity contribution in [1.82, 2.24) is 0 Å². The minimum atomic E-state index is -0.106. The standard InChI is InChI=1S/2C19H30O2.H2O/c2*1-18-11-10-15-13(14(18)8-9-16(18)20)7-6-12-4-3-5-17(21)19(12,15)2;/h2*12-15,17,21H,3-11H2,1-2H3;1H2/t2*12-,13+,14+,15+,17?,18+,19+;/m11./s1. The number of aliphatic hydroxyl groups is 2. The first kappa shape index (κ1) is 32.2. The molecule has 0 aliphatic heterocycles. The van der Waals surface area contributed by atoms with Crippen molar-refractivity contribution < 1.29 is 25.3 Å². The van der Waals surface area contributed by atoms with Gasteiger partial charge < -0.3 is 15.7 Å². The molecule has 0 saturated heterocycles. The Balaban J connectivity index is 0.000000150. The fourth-order valence-corrected chi connectivity index (χ4v) is 14.2. The van der Waals surface area contributed by atoms with Gasteiger partial charge in [-0.15, -0.1) is 0 Å². The molecule has 43 heavy (non-hydrogen) atoms. The quantitative estimate of drug-likeness (QED) is 0.310. The zero-order chi connectivity index (χ0) is 29.7. The fourth-order valence-electron chi connectivity index (χ4n) is 14.2. The third kappa shape index (κ3) is 4.46. The van der Waals surface area contributed by atoms with Gasteiger partial charge in [-0.05, 0) is 148 Å². The molecule has 8 aliphatic rings. The summed E-state index contributed by atoms with van der Waals surface area (Å²) < 4.78 is 0. The van der Waals surface area contributed by atoms with Crippen LogP contribution in [0.4, 0.5) is 0 Å². The number of Topliss-reactive ketones (excluding diaryl/α,β-unsaturated/α-hetero) is 2. The van der Waals surface area contributed by atoms with E-state index in [9.17, 15) is 19.8 Å². The molecule has 244 valence electrons. The zero-order valence-electron chi connectivity index (χ0n) is 27.7. The second-order valence-corrected chi connectivity index (χ2v) is 17.8. The van der Waals surface area contributed by atoms with Crippen LogP contribution in [-0.2, 0) is 9.59 Å². The summed E-state index contributed by atoms with van der Waals surface area (Å²) in [5.41, 5.74) is 0.218. The van der Waals surface area contributed by atoms with Gasteiger partial charge in [-0.3, -0.25) is 9.59 Å². The largest absolute Gasteiger partial charge is 0.412 e. The Morgan fingerprint density at radius 1 is 0.512 bits per heavy atom. The summed E-state index contributed by atoms with van der Waals surface area (Å²) >= 11 is 0. The SMILES string of the molecule is C[C@]12C(O)CCC[C@@H]1CC[C@@H]1[C@@H]2CC[C@]2(C)C(=O)CC[C@@H]12.C[C@]12C(O)CCC[C@@H]1CC[C@@H]1[C@@H]2CC[C@]2(C)C(=O)CC[C@@H]12.O. The highest BCUT2D eigenvalue weighted by molar-refractivity contribution is 5.87. The highest BCUT2D eigenvalue weighted by Gasteiger charge is 2.63. The van der Waals surface area contributed by atoms with Crippen LogP contribution < -0.4 is 0 Å². The molecule has 5 nitrogen and oxygen atoms in total. The Bertz CT molecular complexity index is 1000. The number of ketones is 2. The molecule has 5 heteroatoms. The first-order chi connectivity index (χ1) is 20.0. The number of fused-ring (bicyclic) bond motifs is 10. The van der Waals surface area contributed by atoms with Crippen molar-refractivity contribution in [3.63, 3.8) is 0 Å². The number of hydrogen-bond acceptors (Lipinski definition) is 4. The Kier molecular flexibility index (Phi) is 8.37. The lowest BCUT2D eigenvalue weighted by atomic mass is 9.44. The summed E-state index contributed by atoms with van der Waals surface area (Å²) in [5, 5.41) is 21.6. The molecule has 8 fully saturated rings. The third-order valence-corrected chi connectivity index (χ3v) is 16.8. The van der Waals surface area contributed by atoms with Crippen molar-refractivity contribution in [1.29, 1.82) is 0 Å². The average molecular weight is 599 g/mol. The van der Waals surface area contributed by atoms with E-state index in [2.05, 4.69) is 27.7 Å². The minimum absolute atomic E-state index is 0. The van der Waals surface area contributed by atoms with Gasteiger partial charge in [-0.2, -0.15) is 0 Å². The van der Waals surface area contributed by atoms with Gasteiger partial charge >= 0.3 is 0 Å². The second kappa shape index (κ2) is 11.2. The Morgan fingerprint density at radius 2 is 0.907 bits per heavy atom. The second-order valence-electron chi connectivity index (χ2n) is 17.8. The molecule has 8 rings (SSSR count). The molecule has 0 aromatic heterocycles. The maximum Gasteiger partial charge on any atom is 0.139 e. The highest BCUT2D eigenvalue weighted by Crippen LogP contribution is 2.67. The zero-order valence-corrected chi connectivity index (χ0v) is 27.7. The summed E-state index contributed by atoms with van der Waals surface area (Å²) in [6, 6.07) is 0. The van der Waals surface area contributed by atoms with Crippen molar-refractivity contribution in [3.05, 3.63) is 0 Å². The Hall–Kier alpha value is -0.780. The number of rotatable bonds is 0. The van der Waals surface area contributed by atoms with Gasteiger partial charge in [-0.1, -0.05) is 40.5 Å². The Labute approximate surface area is 261 Å². The fraction of sp³-hybridized carbons (Fsp3) is 0.947. The van der Waals surface area contributed by atoms with Crippen LogP contribution >= 0.6 is 0 Å². The van der Waals surface area contributed by atoms with Gasteiger partial charge in [0.2, 0.25) is 0 Å². The van der Waals surface area contributed by atoms with Gasteiger partial charge in [0.15, 0.2) is 0 Å². The molecule has 2 unspecified atom stereocenters. The van der Waals surface area contributed by atoms with Gasteiger partial charge in [0.05, 0.1) is 12.2 Å². The van der Waals surface area contributed by atoms with E-state index in [1.54, 1.807) is 0 Å². The van der Waals surface area contributed by atoms with Gasteiger partial charge in [0.1, 0.15) is 11.6 Å². The third-order valence-electron chi connectivity index (χ3n) is 16.8. The van der Waals surface area contributed by atoms with E-state index in [4.69, 9.17) is 0 Å². The summed E-state index contributed by atoms with van der Waals surface area (Å²) in [6.07, 6.45) is 20.4. The van der Waals surface area contributed by atoms with Crippen LogP contribution in [0.2, 0.25) is 0 Å². The maximum atomic E-state index is 12.4. The first-order valence-electron chi connectivity index (χ1n) is 18.4. The first-order valence-corrected chi connectivity index (χ1v) is 18.4. The van der Waals surface area contributed by atoms with Crippen LogP contribution in [0.1, 0.15) is 143 Å². The molecule has 4 N–H and O–H groups in total. The number of hydrogen-bond donors (Lipinski definition) is 2. The maximum absolute atomic E-state index is 12.4. The monoisotopic (exact) mass is 598 g/mol. The van der Waals surface area contributed by atoms with Crippen LogP contribution in [0, 0.1) is 69.0 Å². The predicted molar refractivity (Wildman–Crippen MR) is 169 cm³/mol. The van der Waals surface area contributed by atoms with E-state index in [1.165, 1.54) is 64.2 Å². The molecular weight excluding hydrogens is 536 g/mol. The van der Waals surface area contributed by atoms with Crippen LogP contribution in [0.15, 0.2) is 0 Å². The van der Waals surface area contributed by atoms with Crippen LogP contribution in [0.25, 0.3) is 0 Å². The lowest BCUT2D eigenvalue weighted by molar-refractivity contribution is -0.163. The molecule has 14 atom stereocenters. The van der Waals surface area contributed by atoms with E-state index in [0.717, 1.165) is 63.2 Å². The smallest absolute Gasteiger partial charge is 0.139 e. The van der Waals surface area contributed by atoms with E-state index in [1.807, 2.05) is 0 Å².